The summed E-state index contributed by atoms with van der Waals surface area (Å²) >= 11 is 0. The van der Waals surface area contributed by atoms with Crippen LogP contribution in [0.15, 0.2) is 29.2 Å². The largest absolute Gasteiger partial charge is 0.494 e. The highest BCUT2D eigenvalue weighted by atomic mass is 32.2. The maximum Gasteiger partial charge on any atom is 0.410 e. The lowest BCUT2D eigenvalue weighted by Gasteiger charge is -2.33. The van der Waals surface area contributed by atoms with Gasteiger partial charge in [0.2, 0.25) is 0 Å². The molecule has 2 rings (SSSR count). The van der Waals surface area contributed by atoms with Crippen LogP contribution >= 0.6 is 0 Å². The number of hydrogen-bond acceptors (Lipinski definition) is 4. The first kappa shape index (κ1) is 19.8. The maximum absolute atomic E-state index is 12.1. The molecule has 1 aromatic carbocycles. The van der Waals surface area contributed by atoms with Crippen molar-refractivity contribution in [2.45, 2.75) is 50.5 Å². The van der Waals surface area contributed by atoms with Gasteiger partial charge in [-0.25, -0.2) is 4.79 Å². The minimum Gasteiger partial charge on any atom is -0.494 e. The van der Waals surface area contributed by atoms with Gasteiger partial charge in [-0.05, 0) is 70.2 Å². The molecule has 140 valence electrons. The fraction of sp³-hybridized carbons (Fsp3) is 0.632. The molecule has 0 saturated carbocycles. The topological polar surface area (TPSA) is 55.8 Å². The van der Waals surface area contributed by atoms with Crippen molar-refractivity contribution in [2.24, 2.45) is 5.92 Å². The Labute approximate surface area is 153 Å². The summed E-state index contributed by atoms with van der Waals surface area (Å²) in [7, 11) is -0.959. The number of hydrogen-bond donors (Lipinski definition) is 0. The second-order valence-corrected chi connectivity index (χ2v) is 8.85. The Kier molecular flexibility index (Phi) is 6.87. The molecule has 0 N–H and O–H groups in total. The van der Waals surface area contributed by atoms with Gasteiger partial charge in [0.1, 0.15) is 11.4 Å². The molecule has 1 saturated heterocycles. The van der Waals surface area contributed by atoms with E-state index in [1.807, 2.05) is 45.0 Å². The second-order valence-electron chi connectivity index (χ2n) is 7.47. The van der Waals surface area contributed by atoms with E-state index in [1.165, 1.54) is 0 Å². The molecule has 1 amide bonds. The lowest BCUT2D eigenvalue weighted by atomic mass is 9.94. The molecular weight excluding hydrogens is 338 g/mol. The number of rotatable bonds is 5. The average Bonchev–Trinajstić information content (AvgIpc) is 2.54. The molecule has 0 radical (unpaired) electrons. The molecule has 1 heterocycles. The molecule has 6 heteroatoms. The number of nitrogens with zero attached hydrogens (tertiary/aromatic N) is 1. The summed E-state index contributed by atoms with van der Waals surface area (Å²) in [6.45, 7) is 7.82. The molecule has 1 unspecified atom stereocenters. The second kappa shape index (κ2) is 8.70. The highest BCUT2D eigenvalue weighted by Gasteiger charge is 2.26. The Hall–Kier alpha value is -1.56. The van der Waals surface area contributed by atoms with Gasteiger partial charge in [-0.3, -0.25) is 4.21 Å². The fourth-order valence-corrected chi connectivity index (χ4v) is 3.32. The van der Waals surface area contributed by atoms with Gasteiger partial charge in [-0.2, -0.15) is 0 Å². The Bertz CT molecular complexity index is 586. The van der Waals surface area contributed by atoms with Gasteiger partial charge >= 0.3 is 6.09 Å². The number of benzene rings is 1. The van der Waals surface area contributed by atoms with E-state index >= 15 is 0 Å². The van der Waals surface area contributed by atoms with E-state index < -0.39 is 16.4 Å². The zero-order valence-electron chi connectivity index (χ0n) is 15.6. The van der Waals surface area contributed by atoms with Gasteiger partial charge in [0.25, 0.3) is 0 Å². The van der Waals surface area contributed by atoms with Crippen LogP contribution < -0.4 is 4.74 Å². The van der Waals surface area contributed by atoms with Crippen LogP contribution in [0.25, 0.3) is 0 Å². The van der Waals surface area contributed by atoms with Crippen molar-refractivity contribution in [3.05, 3.63) is 24.3 Å². The summed E-state index contributed by atoms with van der Waals surface area (Å²) in [4.78, 5) is 14.7. The van der Waals surface area contributed by atoms with Crippen LogP contribution in [-0.4, -0.2) is 46.8 Å². The zero-order chi connectivity index (χ0) is 18.4. The molecule has 25 heavy (non-hydrogen) atoms. The average molecular weight is 368 g/mol. The van der Waals surface area contributed by atoms with Crippen molar-refractivity contribution >= 4 is 16.9 Å². The van der Waals surface area contributed by atoms with Gasteiger partial charge in [0.05, 0.1) is 6.61 Å². The Balaban J connectivity index is 1.68. The molecule has 1 aliphatic heterocycles. The van der Waals surface area contributed by atoms with Crippen molar-refractivity contribution in [1.29, 1.82) is 0 Å². The predicted octanol–water partition coefficient (Wildman–Crippen LogP) is 3.84. The van der Waals surface area contributed by atoms with Crippen molar-refractivity contribution in [2.75, 3.05) is 26.0 Å². The number of ether oxygens (including phenoxy) is 2. The highest BCUT2D eigenvalue weighted by molar-refractivity contribution is 7.84. The van der Waals surface area contributed by atoms with Crippen LogP contribution in [0.3, 0.4) is 0 Å². The van der Waals surface area contributed by atoms with Gasteiger partial charge in [-0.1, -0.05) is 0 Å². The number of carbonyl (C=O) groups is 1. The zero-order valence-corrected chi connectivity index (χ0v) is 16.4. The first-order chi connectivity index (χ1) is 11.7. The fourth-order valence-electron chi connectivity index (χ4n) is 2.80. The van der Waals surface area contributed by atoms with Crippen LogP contribution in [0.5, 0.6) is 5.75 Å². The van der Waals surface area contributed by atoms with Crippen LogP contribution in [-0.2, 0) is 15.5 Å². The Morgan fingerprint density at radius 3 is 2.32 bits per heavy atom. The summed E-state index contributed by atoms with van der Waals surface area (Å²) in [5, 5.41) is 0. The third-order valence-corrected chi connectivity index (χ3v) is 5.15. The minimum absolute atomic E-state index is 0.212. The third-order valence-electron chi connectivity index (χ3n) is 4.22. The molecule has 1 fully saturated rings. The molecule has 5 nitrogen and oxygen atoms in total. The minimum atomic E-state index is -0.959. The van der Waals surface area contributed by atoms with Crippen molar-refractivity contribution in [3.63, 3.8) is 0 Å². The van der Waals surface area contributed by atoms with Crippen LogP contribution in [0, 0.1) is 5.92 Å². The van der Waals surface area contributed by atoms with Crippen LogP contribution in [0.2, 0.25) is 0 Å². The van der Waals surface area contributed by atoms with Crippen molar-refractivity contribution in [3.8, 4) is 5.75 Å². The van der Waals surface area contributed by atoms with Crippen LogP contribution in [0.4, 0.5) is 4.79 Å². The molecule has 0 bridgehead atoms. The third kappa shape index (κ3) is 6.69. The molecule has 1 aromatic rings. The summed E-state index contributed by atoms with van der Waals surface area (Å²) in [6, 6.07) is 7.40. The Morgan fingerprint density at radius 2 is 1.80 bits per heavy atom. The van der Waals surface area contributed by atoms with E-state index in [0.29, 0.717) is 12.5 Å². The molecule has 0 spiro atoms. The smallest absolute Gasteiger partial charge is 0.410 e. The number of amides is 1. The molecular formula is C19H29NO4S. The molecule has 0 aromatic heterocycles. The van der Waals surface area contributed by atoms with Gasteiger partial charge in [-0.15, -0.1) is 0 Å². The van der Waals surface area contributed by atoms with Crippen LogP contribution in [0.1, 0.15) is 40.0 Å². The van der Waals surface area contributed by atoms with E-state index in [4.69, 9.17) is 9.47 Å². The van der Waals surface area contributed by atoms with Gasteiger partial charge < -0.3 is 14.4 Å². The normalized spacial score (nSPS) is 17.2. The SMILES string of the molecule is CS(=O)c1ccc(OCCC2CCN(C(=O)OC(C)(C)C)CC2)cc1. The lowest BCUT2D eigenvalue weighted by molar-refractivity contribution is 0.0177. The van der Waals surface area contributed by atoms with Crippen molar-refractivity contribution in [1.82, 2.24) is 4.90 Å². The van der Waals surface area contributed by atoms with E-state index in [2.05, 4.69) is 0 Å². The summed E-state index contributed by atoms with van der Waals surface area (Å²) in [6.07, 6.45) is 4.39. The molecule has 1 atom stereocenters. The number of piperidine rings is 1. The monoisotopic (exact) mass is 367 g/mol. The lowest BCUT2D eigenvalue weighted by Crippen LogP contribution is -2.41. The maximum atomic E-state index is 12.1. The van der Waals surface area contributed by atoms with E-state index in [9.17, 15) is 9.00 Å². The summed E-state index contributed by atoms with van der Waals surface area (Å²) in [5.41, 5.74) is -0.443. The van der Waals surface area contributed by atoms with Gasteiger partial charge in [0.15, 0.2) is 0 Å². The Morgan fingerprint density at radius 1 is 1.20 bits per heavy atom. The van der Waals surface area contributed by atoms with E-state index in [0.717, 1.165) is 43.0 Å². The molecule has 1 aliphatic rings. The predicted molar refractivity (Wildman–Crippen MR) is 99.4 cm³/mol. The van der Waals surface area contributed by atoms with Gasteiger partial charge in [0, 0.05) is 35.0 Å². The standard InChI is InChI=1S/C19H29NO4S/c1-19(2,3)24-18(21)20-12-9-15(10-13-20)11-14-23-16-5-7-17(8-6-16)25(4)22/h5-8,15H,9-14H2,1-4H3. The quantitative estimate of drug-likeness (QED) is 0.793. The van der Waals surface area contributed by atoms with E-state index in [1.54, 1.807) is 11.2 Å². The summed E-state index contributed by atoms with van der Waals surface area (Å²) < 4.78 is 22.6. The number of likely N-dealkylation sites (tertiary alicyclic amines) is 1. The van der Waals surface area contributed by atoms with E-state index in [-0.39, 0.29) is 6.09 Å². The first-order valence-corrected chi connectivity index (χ1v) is 10.3. The highest BCUT2D eigenvalue weighted by Crippen LogP contribution is 2.23. The number of carbonyl (C=O) groups excluding carboxylic acids is 1. The first-order valence-electron chi connectivity index (χ1n) is 8.79. The van der Waals surface area contributed by atoms with Crippen molar-refractivity contribution < 1.29 is 18.5 Å². The summed E-state index contributed by atoms with van der Waals surface area (Å²) in [5.74, 6) is 1.38. The molecule has 0 aliphatic carbocycles.